The van der Waals surface area contributed by atoms with E-state index < -0.39 is 35.1 Å². The van der Waals surface area contributed by atoms with Crippen LogP contribution >= 0.6 is 0 Å². The second-order valence-electron chi connectivity index (χ2n) is 13.7. The number of hydrogen-bond donors (Lipinski definition) is 1. The average molecular weight is 658 g/mol. The molecular weight excluding hydrogens is 606 g/mol. The standard InChI is InChI=1S/C39H51N3O6/c1-9-22-40(28-16-18-29(19-17-28)47-12-4)35(44)31-32-36(45)42(30(24-43)25(5)6)34(39(32)21-20-38(31,11-3)48-39)37(46)41(23-10-2)33-26(7)14-13-15-27(33)8/h9-10,13-19,25,30-32,34,43H,1-2,11-12,20-24H2,3-8H3/t30-,31+,32-,34?,38-,39?/m0/s1. The number of amides is 3. The van der Waals surface area contributed by atoms with Gasteiger partial charge in [-0.15, -0.1) is 13.2 Å². The number of likely N-dealkylation sites (tertiary alicyclic amines) is 1. The summed E-state index contributed by atoms with van der Waals surface area (Å²) in [7, 11) is 0. The number of carbonyl (C=O) groups excluding carboxylic acids is 3. The number of fused-ring (bicyclic) bond motifs is 1. The number of rotatable bonds is 14. The monoisotopic (exact) mass is 657 g/mol. The first-order valence-electron chi connectivity index (χ1n) is 17.2. The van der Waals surface area contributed by atoms with Crippen molar-refractivity contribution in [3.05, 3.63) is 78.9 Å². The molecule has 2 aromatic rings. The smallest absolute Gasteiger partial charge is 0.253 e. The quantitative estimate of drug-likeness (QED) is 0.265. The molecule has 3 heterocycles. The third kappa shape index (κ3) is 5.54. The van der Waals surface area contributed by atoms with E-state index in [-0.39, 0.29) is 43.3 Å². The molecule has 3 saturated heterocycles. The Hall–Kier alpha value is -3.95. The minimum absolute atomic E-state index is 0.162. The molecule has 9 heteroatoms. The first-order chi connectivity index (χ1) is 23.0. The molecule has 2 aromatic carbocycles. The van der Waals surface area contributed by atoms with Crippen LogP contribution < -0.4 is 14.5 Å². The molecular formula is C39H51N3O6. The van der Waals surface area contributed by atoms with Crippen LogP contribution in [-0.2, 0) is 19.1 Å². The van der Waals surface area contributed by atoms with Crippen molar-refractivity contribution in [2.24, 2.45) is 17.8 Å². The summed E-state index contributed by atoms with van der Waals surface area (Å²) >= 11 is 0. The highest BCUT2D eigenvalue weighted by Crippen LogP contribution is 2.65. The maximum atomic E-state index is 15.2. The van der Waals surface area contributed by atoms with Crippen LogP contribution in [0.4, 0.5) is 11.4 Å². The van der Waals surface area contributed by atoms with Gasteiger partial charge in [0.05, 0.1) is 36.7 Å². The molecule has 48 heavy (non-hydrogen) atoms. The van der Waals surface area contributed by atoms with Gasteiger partial charge in [0.25, 0.3) is 5.91 Å². The largest absolute Gasteiger partial charge is 0.494 e. The highest BCUT2D eigenvalue weighted by molar-refractivity contribution is 6.07. The SMILES string of the molecule is C=CCN(C(=O)[C@H]1[C@H]2C(=O)N([C@@H](CO)C(C)C)C(C(=O)N(CC=C)c3c(C)cccc3C)C23CC[C@]1(CC)O3)c1ccc(OCC)cc1. The topological polar surface area (TPSA) is 99.6 Å². The zero-order valence-corrected chi connectivity index (χ0v) is 29.3. The van der Waals surface area contributed by atoms with Crippen LogP contribution in [0.25, 0.3) is 0 Å². The van der Waals surface area contributed by atoms with Gasteiger partial charge in [0.15, 0.2) is 0 Å². The number of aliphatic hydroxyl groups excluding tert-OH is 1. The van der Waals surface area contributed by atoms with Crippen LogP contribution in [0.2, 0.25) is 0 Å². The molecule has 0 aliphatic carbocycles. The van der Waals surface area contributed by atoms with Crippen molar-refractivity contribution in [2.75, 3.05) is 36.1 Å². The number of nitrogens with zero attached hydrogens (tertiary/aromatic N) is 3. The number of ether oxygens (including phenoxy) is 2. The van der Waals surface area contributed by atoms with Crippen molar-refractivity contribution in [3.8, 4) is 5.75 Å². The van der Waals surface area contributed by atoms with E-state index in [2.05, 4.69) is 13.2 Å². The van der Waals surface area contributed by atoms with E-state index >= 15 is 4.79 Å². The van der Waals surface area contributed by atoms with Crippen molar-refractivity contribution in [3.63, 3.8) is 0 Å². The van der Waals surface area contributed by atoms with Crippen LogP contribution in [-0.4, -0.2) is 77.3 Å². The Morgan fingerprint density at radius 2 is 1.65 bits per heavy atom. The molecule has 258 valence electrons. The molecule has 2 bridgehead atoms. The van der Waals surface area contributed by atoms with Gasteiger partial charge in [-0.05, 0) is 81.3 Å². The van der Waals surface area contributed by atoms with Crippen molar-refractivity contribution in [2.45, 2.75) is 84.1 Å². The summed E-state index contributed by atoms with van der Waals surface area (Å²) in [4.78, 5) is 50.0. The zero-order chi connectivity index (χ0) is 35.0. The van der Waals surface area contributed by atoms with Crippen LogP contribution in [0, 0.1) is 31.6 Å². The van der Waals surface area contributed by atoms with Crippen LogP contribution in [0.15, 0.2) is 67.8 Å². The number of carbonyl (C=O) groups is 3. The van der Waals surface area contributed by atoms with Crippen molar-refractivity contribution in [1.82, 2.24) is 4.90 Å². The third-order valence-corrected chi connectivity index (χ3v) is 10.8. The van der Waals surface area contributed by atoms with Gasteiger partial charge in [-0.25, -0.2) is 0 Å². The van der Waals surface area contributed by atoms with E-state index in [1.807, 2.05) is 84.0 Å². The number of aryl methyl sites for hydroxylation is 2. The Balaban J connectivity index is 1.66. The molecule has 5 rings (SSSR count). The van der Waals surface area contributed by atoms with E-state index in [0.29, 0.717) is 37.3 Å². The Bertz CT molecular complexity index is 1530. The second-order valence-corrected chi connectivity index (χ2v) is 13.7. The number of anilines is 2. The van der Waals surface area contributed by atoms with E-state index in [9.17, 15) is 14.7 Å². The van der Waals surface area contributed by atoms with E-state index in [0.717, 1.165) is 16.8 Å². The van der Waals surface area contributed by atoms with Crippen LogP contribution in [0.1, 0.15) is 58.1 Å². The maximum Gasteiger partial charge on any atom is 0.253 e. The molecule has 0 aromatic heterocycles. The number of benzene rings is 2. The van der Waals surface area contributed by atoms with E-state index in [1.54, 1.807) is 26.9 Å². The summed E-state index contributed by atoms with van der Waals surface area (Å²) in [5.74, 6) is -2.06. The molecule has 3 fully saturated rings. The summed E-state index contributed by atoms with van der Waals surface area (Å²) < 4.78 is 12.7. The van der Waals surface area contributed by atoms with E-state index in [4.69, 9.17) is 9.47 Å². The Morgan fingerprint density at radius 1 is 1.02 bits per heavy atom. The average Bonchev–Trinajstić information content (AvgIpc) is 3.67. The lowest BCUT2D eigenvalue weighted by Crippen LogP contribution is -2.60. The molecule has 0 saturated carbocycles. The lowest BCUT2D eigenvalue weighted by Gasteiger charge is -2.41. The fraction of sp³-hybridized carbons (Fsp3) is 0.513. The number of para-hydroxylation sites is 1. The predicted molar refractivity (Wildman–Crippen MR) is 188 cm³/mol. The first-order valence-corrected chi connectivity index (χ1v) is 17.2. The summed E-state index contributed by atoms with van der Waals surface area (Å²) in [6, 6.07) is 11.5. The van der Waals surface area contributed by atoms with Gasteiger partial charge in [-0.3, -0.25) is 14.4 Å². The summed E-state index contributed by atoms with van der Waals surface area (Å²) in [6.45, 7) is 20.2. The normalized spacial score (nSPS) is 26.4. The lowest BCUT2D eigenvalue weighted by molar-refractivity contribution is -0.150. The van der Waals surface area contributed by atoms with Crippen molar-refractivity contribution >= 4 is 29.1 Å². The van der Waals surface area contributed by atoms with Gasteiger partial charge in [0, 0.05) is 24.5 Å². The van der Waals surface area contributed by atoms with Crippen molar-refractivity contribution in [1.29, 1.82) is 0 Å². The minimum atomic E-state index is -1.25. The first kappa shape index (κ1) is 35.4. The van der Waals surface area contributed by atoms with Gasteiger partial charge in [-0.2, -0.15) is 0 Å². The minimum Gasteiger partial charge on any atom is -0.494 e. The third-order valence-electron chi connectivity index (χ3n) is 10.8. The summed E-state index contributed by atoms with van der Waals surface area (Å²) in [5.41, 5.74) is 1.08. The molecule has 3 aliphatic heterocycles. The maximum absolute atomic E-state index is 15.2. The van der Waals surface area contributed by atoms with Gasteiger partial charge in [0.2, 0.25) is 11.8 Å². The Labute approximate surface area is 285 Å². The molecule has 1 spiro atoms. The highest BCUT2D eigenvalue weighted by atomic mass is 16.5. The summed E-state index contributed by atoms with van der Waals surface area (Å²) in [5, 5.41) is 10.7. The van der Waals surface area contributed by atoms with Gasteiger partial charge < -0.3 is 29.3 Å². The lowest BCUT2D eigenvalue weighted by atomic mass is 9.64. The van der Waals surface area contributed by atoms with Crippen LogP contribution in [0.3, 0.4) is 0 Å². The zero-order valence-electron chi connectivity index (χ0n) is 29.3. The molecule has 2 unspecified atom stereocenters. The summed E-state index contributed by atoms with van der Waals surface area (Å²) in [6.07, 6.45) is 4.83. The molecule has 0 radical (unpaired) electrons. The Kier molecular flexibility index (Phi) is 10.2. The van der Waals surface area contributed by atoms with E-state index in [1.165, 1.54) is 0 Å². The molecule has 1 N–H and O–H groups in total. The molecule has 3 aliphatic rings. The molecule has 6 atom stereocenters. The number of aliphatic hydroxyl groups is 1. The fourth-order valence-electron chi connectivity index (χ4n) is 8.60. The molecule has 3 amide bonds. The van der Waals surface area contributed by atoms with Crippen molar-refractivity contribution < 1.29 is 29.0 Å². The van der Waals surface area contributed by atoms with Gasteiger partial charge in [0.1, 0.15) is 17.4 Å². The molecule has 9 nitrogen and oxygen atoms in total. The van der Waals surface area contributed by atoms with Crippen LogP contribution in [0.5, 0.6) is 5.75 Å². The highest BCUT2D eigenvalue weighted by Gasteiger charge is 2.79. The van der Waals surface area contributed by atoms with Gasteiger partial charge >= 0.3 is 0 Å². The predicted octanol–water partition coefficient (Wildman–Crippen LogP) is 5.61. The fourth-order valence-corrected chi connectivity index (χ4v) is 8.60. The van der Waals surface area contributed by atoms with Gasteiger partial charge in [-0.1, -0.05) is 51.1 Å². The second kappa shape index (κ2) is 13.9. The number of hydrogen-bond acceptors (Lipinski definition) is 6. The Morgan fingerprint density at radius 3 is 2.19 bits per heavy atom.